The van der Waals surface area contributed by atoms with E-state index in [0.717, 1.165) is 12.2 Å². The minimum absolute atomic E-state index is 0.0688. The van der Waals surface area contributed by atoms with Crippen molar-refractivity contribution in [3.63, 3.8) is 0 Å². The highest BCUT2D eigenvalue weighted by molar-refractivity contribution is 5.48. The van der Waals surface area contributed by atoms with Gasteiger partial charge in [-0.1, -0.05) is 37.3 Å². The van der Waals surface area contributed by atoms with Crippen LogP contribution in [0.3, 0.4) is 0 Å². The molecule has 120 valence electrons. The maximum absolute atomic E-state index is 6.26. The monoisotopic (exact) mass is 311 g/mol. The summed E-state index contributed by atoms with van der Waals surface area (Å²) in [6, 6.07) is 8.22. The lowest BCUT2D eigenvalue weighted by atomic mass is 9.57. The van der Waals surface area contributed by atoms with Gasteiger partial charge in [0, 0.05) is 28.9 Å². The summed E-state index contributed by atoms with van der Waals surface area (Å²) < 4.78 is 5.77. The summed E-state index contributed by atoms with van der Waals surface area (Å²) in [5, 5.41) is 1.69. The Hall–Kier alpha value is -1.58. The standard InChI is InChI=1S/C19H21NO3/c1-18(2)13-8-16(18)19(3)17(9-13)22-20(23-19)10-12-11-21-15-7-5-4-6-14(12)15/h4-7,12,17H,9-11H2,1-3H3/t12?,17-,19+/m1/s1. The molecule has 3 atom stereocenters. The Balaban J connectivity index is 1.36. The fourth-order valence-electron chi connectivity index (χ4n) is 4.40. The molecule has 1 saturated carbocycles. The maximum atomic E-state index is 6.26. The number of hydroxylamine groups is 2. The average Bonchev–Trinajstić information content (AvgIpc) is 3.07. The first kappa shape index (κ1) is 13.8. The van der Waals surface area contributed by atoms with Crippen LogP contribution in [0.4, 0.5) is 0 Å². The second kappa shape index (κ2) is 4.28. The van der Waals surface area contributed by atoms with Crippen molar-refractivity contribution in [1.29, 1.82) is 0 Å². The first-order chi connectivity index (χ1) is 11.0. The average molecular weight is 311 g/mol. The van der Waals surface area contributed by atoms with E-state index >= 15 is 0 Å². The zero-order valence-electron chi connectivity index (χ0n) is 13.8. The molecule has 1 aromatic carbocycles. The fourth-order valence-corrected chi connectivity index (χ4v) is 4.40. The molecule has 2 bridgehead atoms. The van der Waals surface area contributed by atoms with E-state index in [-0.39, 0.29) is 23.0 Å². The molecule has 2 fully saturated rings. The molecule has 2 aliphatic heterocycles. The summed E-state index contributed by atoms with van der Waals surface area (Å²) in [6.45, 7) is 8.01. The number of benzene rings is 1. The van der Waals surface area contributed by atoms with Crippen LogP contribution < -0.4 is 4.74 Å². The number of hydrogen-bond acceptors (Lipinski definition) is 4. The number of para-hydroxylation sites is 1. The van der Waals surface area contributed by atoms with Gasteiger partial charge in [0.05, 0.1) is 13.2 Å². The zero-order chi connectivity index (χ0) is 15.8. The van der Waals surface area contributed by atoms with Crippen molar-refractivity contribution in [1.82, 2.24) is 5.23 Å². The molecular formula is C19H21NO3. The van der Waals surface area contributed by atoms with Crippen LogP contribution in [0.2, 0.25) is 0 Å². The molecular weight excluding hydrogens is 290 g/mol. The molecule has 0 radical (unpaired) electrons. The summed E-state index contributed by atoms with van der Waals surface area (Å²) in [5.74, 6) is 1.26. The lowest BCUT2D eigenvalue weighted by molar-refractivity contribution is -0.322. The molecule has 0 amide bonds. The van der Waals surface area contributed by atoms with Gasteiger partial charge in [-0.2, -0.15) is 0 Å². The van der Waals surface area contributed by atoms with Crippen molar-refractivity contribution in [3.05, 3.63) is 46.7 Å². The summed E-state index contributed by atoms with van der Waals surface area (Å²) in [7, 11) is 0. The number of nitrogens with zero attached hydrogens (tertiary/aromatic N) is 1. The van der Waals surface area contributed by atoms with Gasteiger partial charge in [-0.25, -0.2) is 0 Å². The lowest BCUT2D eigenvalue weighted by Gasteiger charge is -2.49. The normalized spacial score (nSPS) is 36.5. The van der Waals surface area contributed by atoms with Gasteiger partial charge in [0.2, 0.25) is 0 Å². The Kier molecular flexibility index (Phi) is 2.57. The van der Waals surface area contributed by atoms with Gasteiger partial charge in [0.1, 0.15) is 17.5 Å². The SMILES string of the molecule is CC1(C)C2=C=C1[C@]1(C)ON(CC3COc4ccccc43)O[C@@H]1C2. The van der Waals surface area contributed by atoms with E-state index in [0.29, 0.717) is 13.2 Å². The fraction of sp³-hybridized carbons (Fsp3) is 0.526. The van der Waals surface area contributed by atoms with Gasteiger partial charge in [0.25, 0.3) is 0 Å². The Morgan fingerprint density at radius 3 is 2.91 bits per heavy atom. The van der Waals surface area contributed by atoms with E-state index in [1.54, 1.807) is 5.23 Å². The van der Waals surface area contributed by atoms with Crippen LogP contribution >= 0.6 is 0 Å². The minimum Gasteiger partial charge on any atom is -0.493 e. The highest BCUT2D eigenvalue weighted by Crippen LogP contribution is 2.58. The molecule has 23 heavy (non-hydrogen) atoms. The summed E-state index contributed by atoms with van der Waals surface area (Å²) in [5.41, 5.74) is 7.04. The molecule has 0 N–H and O–H groups in total. The quantitative estimate of drug-likeness (QED) is 0.784. The molecule has 6 rings (SSSR count). The third kappa shape index (κ3) is 1.72. The van der Waals surface area contributed by atoms with E-state index in [4.69, 9.17) is 14.4 Å². The van der Waals surface area contributed by atoms with E-state index in [1.165, 1.54) is 16.7 Å². The van der Waals surface area contributed by atoms with Crippen LogP contribution in [0.5, 0.6) is 5.75 Å². The van der Waals surface area contributed by atoms with Crippen molar-refractivity contribution >= 4 is 0 Å². The maximum Gasteiger partial charge on any atom is 0.147 e. The zero-order valence-corrected chi connectivity index (χ0v) is 13.8. The third-order valence-electron chi connectivity index (χ3n) is 5.86. The molecule has 1 saturated heterocycles. The van der Waals surface area contributed by atoms with Crippen LogP contribution in [0.1, 0.15) is 38.7 Å². The van der Waals surface area contributed by atoms with Crippen LogP contribution in [0.25, 0.3) is 0 Å². The van der Waals surface area contributed by atoms with Crippen molar-refractivity contribution in [2.24, 2.45) is 5.41 Å². The lowest BCUT2D eigenvalue weighted by Crippen LogP contribution is -2.52. The largest absolute Gasteiger partial charge is 0.493 e. The Labute approximate surface area is 136 Å². The summed E-state index contributed by atoms with van der Waals surface area (Å²) >= 11 is 0. The van der Waals surface area contributed by atoms with Gasteiger partial charge in [-0.15, -0.1) is 5.73 Å². The first-order valence-corrected chi connectivity index (χ1v) is 8.35. The molecule has 2 heterocycles. The molecule has 1 aromatic rings. The Morgan fingerprint density at radius 1 is 1.26 bits per heavy atom. The van der Waals surface area contributed by atoms with Crippen LogP contribution in [0, 0.1) is 5.41 Å². The van der Waals surface area contributed by atoms with Gasteiger partial charge < -0.3 is 4.74 Å². The van der Waals surface area contributed by atoms with Gasteiger partial charge in [-0.3, -0.25) is 9.68 Å². The van der Waals surface area contributed by atoms with E-state index in [2.05, 4.69) is 38.6 Å². The van der Waals surface area contributed by atoms with Crippen LogP contribution in [0.15, 0.2) is 41.1 Å². The van der Waals surface area contributed by atoms with Gasteiger partial charge in [-0.05, 0) is 18.6 Å². The molecule has 5 aliphatic rings. The van der Waals surface area contributed by atoms with Gasteiger partial charge >= 0.3 is 0 Å². The summed E-state index contributed by atoms with van der Waals surface area (Å²) in [4.78, 5) is 12.4. The van der Waals surface area contributed by atoms with Crippen LogP contribution in [-0.4, -0.2) is 30.1 Å². The molecule has 1 unspecified atom stereocenters. The van der Waals surface area contributed by atoms with E-state index in [9.17, 15) is 0 Å². The van der Waals surface area contributed by atoms with Gasteiger partial charge in [0.15, 0.2) is 0 Å². The molecule has 0 aromatic heterocycles. The van der Waals surface area contributed by atoms with Crippen molar-refractivity contribution in [2.45, 2.75) is 44.8 Å². The number of fused-ring (bicyclic) bond motifs is 1. The molecule has 4 nitrogen and oxygen atoms in total. The second-order valence-electron chi connectivity index (χ2n) is 7.66. The topological polar surface area (TPSA) is 30.9 Å². The third-order valence-corrected chi connectivity index (χ3v) is 5.86. The first-order valence-electron chi connectivity index (χ1n) is 8.35. The number of rotatable bonds is 2. The molecule has 4 heteroatoms. The number of hydrogen-bond donors (Lipinski definition) is 0. The van der Waals surface area contributed by atoms with Crippen molar-refractivity contribution in [2.75, 3.05) is 13.2 Å². The predicted octanol–water partition coefficient (Wildman–Crippen LogP) is 3.36. The molecule has 3 aliphatic carbocycles. The van der Waals surface area contributed by atoms with Crippen molar-refractivity contribution in [3.8, 4) is 5.75 Å². The van der Waals surface area contributed by atoms with E-state index in [1.807, 2.05) is 12.1 Å². The number of ether oxygens (including phenoxy) is 1. The highest BCUT2D eigenvalue weighted by Gasteiger charge is 2.61. The minimum atomic E-state index is -0.385. The van der Waals surface area contributed by atoms with Crippen LogP contribution in [-0.2, 0) is 9.68 Å². The second-order valence-corrected chi connectivity index (χ2v) is 7.66. The van der Waals surface area contributed by atoms with Crippen molar-refractivity contribution < 1.29 is 14.4 Å². The molecule has 0 spiro atoms. The van der Waals surface area contributed by atoms with E-state index < -0.39 is 0 Å². The Morgan fingerprint density at radius 2 is 2.09 bits per heavy atom. The predicted molar refractivity (Wildman–Crippen MR) is 84.7 cm³/mol. The smallest absolute Gasteiger partial charge is 0.147 e. The highest BCUT2D eigenvalue weighted by atomic mass is 17.0. The summed E-state index contributed by atoms with van der Waals surface area (Å²) in [6.07, 6.45) is 0.973. The Bertz CT molecular complexity index is 762.